The van der Waals surface area contributed by atoms with Crippen LogP contribution in [-0.4, -0.2) is 20.2 Å². The number of methoxy groups -OCH3 is 2. The number of carbonyl (C=O) groups excluding carboxylic acids is 1. The summed E-state index contributed by atoms with van der Waals surface area (Å²) in [5.41, 5.74) is 0.993. The molecule has 1 aromatic carbocycles. The van der Waals surface area contributed by atoms with Crippen LogP contribution in [0.3, 0.4) is 0 Å². The number of aryl methyl sites for hydroxylation is 1. The van der Waals surface area contributed by atoms with Gasteiger partial charge < -0.3 is 9.47 Å². The lowest BCUT2D eigenvalue weighted by Crippen LogP contribution is -2.35. The first-order valence-corrected chi connectivity index (χ1v) is 7.41. The predicted molar refractivity (Wildman–Crippen MR) is 78.8 cm³/mol. The number of carbonyl (C=O) groups is 1. The van der Waals surface area contributed by atoms with Crippen molar-refractivity contribution in [1.82, 2.24) is 0 Å². The molecule has 3 nitrogen and oxygen atoms in total. The Morgan fingerprint density at radius 2 is 1.75 bits per heavy atom. The van der Waals surface area contributed by atoms with Crippen LogP contribution in [0.4, 0.5) is 0 Å². The lowest BCUT2D eigenvalue weighted by atomic mass is 9.70. The summed E-state index contributed by atoms with van der Waals surface area (Å²) >= 11 is 0. The number of rotatable bonds is 5. The molecule has 1 aliphatic carbocycles. The van der Waals surface area contributed by atoms with E-state index in [2.05, 4.69) is 12.1 Å². The van der Waals surface area contributed by atoms with E-state index in [1.54, 1.807) is 7.11 Å². The molecule has 0 N–H and O–H groups in total. The van der Waals surface area contributed by atoms with E-state index in [1.807, 2.05) is 12.1 Å². The van der Waals surface area contributed by atoms with Crippen molar-refractivity contribution < 1.29 is 14.3 Å². The number of hydrogen-bond donors (Lipinski definition) is 0. The van der Waals surface area contributed by atoms with E-state index < -0.39 is 0 Å². The fourth-order valence-electron chi connectivity index (χ4n) is 3.18. The molecule has 0 spiro atoms. The molecule has 0 amide bonds. The van der Waals surface area contributed by atoms with Crippen LogP contribution in [0.5, 0.6) is 5.75 Å². The molecular formula is C17H24O3. The molecule has 0 aliphatic heterocycles. The van der Waals surface area contributed by atoms with Gasteiger partial charge in [-0.1, -0.05) is 31.4 Å². The van der Waals surface area contributed by atoms with Crippen LogP contribution < -0.4 is 4.74 Å². The Hall–Kier alpha value is -1.51. The highest BCUT2D eigenvalue weighted by molar-refractivity contribution is 5.76. The third-order valence-corrected chi connectivity index (χ3v) is 4.48. The minimum Gasteiger partial charge on any atom is -0.497 e. The van der Waals surface area contributed by atoms with Gasteiger partial charge in [0, 0.05) is 0 Å². The average Bonchev–Trinajstić information content (AvgIpc) is 2.53. The van der Waals surface area contributed by atoms with Crippen molar-refractivity contribution in [2.75, 3.05) is 14.2 Å². The highest BCUT2D eigenvalue weighted by atomic mass is 16.5. The van der Waals surface area contributed by atoms with E-state index >= 15 is 0 Å². The maximum atomic E-state index is 12.2. The van der Waals surface area contributed by atoms with Crippen LogP contribution in [0.2, 0.25) is 0 Å². The fraction of sp³-hybridized carbons (Fsp3) is 0.588. The van der Waals surface area contributed by atoms with Gasteiger partial charge in [0.05, 0.1) is 19.6 Å². The molecule has 2 rings (SSSR count). The highest BCUT2D eigenvalue weighted by Crippen LogP contribution is 2.41. The van der Waals surface area contributed by atoms with Gasteiger partial charge in [-0.3, -0.25) is 4.79 Å². The topological polar surface area (TPSA) is 35.5 Å². The molecule has 0 atom stereocenters. The van der Waals surface area contributed by atoms with E-state index in [0.29, 0.717) is 0 Å². The minimum atomic E-state index is -0.257. The first-order valence-electron chi connectivity index (χ1n) is 7.41. The third kappa shape index (κ3) is 3.33. The zero-order valence-corrected chi connectivity index (χ0v) is 12.5. The Kier molecular flexibility index (Phi) is 5.05. The first-order chi connectivity index (χ1) is 9.70. The standard InChI is InChI=1S/C17H24O3/c1-19-15-8-6-14(7-9-15)10-13-17(16(18)20-2)11-4-3-5-12-17/h6-9H,3-5,10-13H2,1-2H3. The zero-order valence-electron chi connectivity index (χ0n) is 12.5. The second kappa shape index (κ2) is 6.78. The van der Waals surface area contributed by atoms with Crippen LogP contribution in [0.1, 0.15) is 44.1 Å². The van der Waals surface area contributed by atoms with Gasteiger partial charge in [-0.25, -0.2) is 0 Å². The van der Waals surface area contributed by atoms with Gasteiger partial charge in [0.25, 0.3) is 0 Å². The van der Waals surface area contributed by atoms with Crippen molar-refractivity contribution in [3.63, 3.8) is 0 Å². The summed E-state index contributed by atoms with van der Waals surface area (Å²) in [6.07, 6.45) is 7.24. The summed E-state index contributed by atoms with van der Waals surface area (Å²) in [5.74, 6) is 0.847. The van der Waals surface area contributed by atoms with Crippen molar-refractivity contribution in [3.05, 3.63) is 29.8 Å². The molecule has 0 saturated heterocycles. The number of benzene rings is 1. The van der Waals surface area contributed by atoms with E-state index in [1.165, 1.54) is 19.1 Å². The van der Waals surface area contributed by atoms with Gasteiger partial charge >= 0.3 is 5.97 Å². The average molecular weight is 276 g/mol. The number of ether oxygens (including phenoxy) is 2. The van der Waals surface area contributed by atoms with Crippen molar-refractivity contribution in [2.45, 2.75) is 44.9 Å². The van der Waals surface area contributed by atoms with Crippen LogP contribution >= 0.6 is 0 Å². The quantitative estimate of drug-likeness (QED) is 0.768. The van der Waals surface area contributed by atoms with E-state index in [0.717, 1.165) is 44.3 Å². The Labute approximate surface area is 121 Å². The minimum absolute atomic E-state index is 0.0225. The number of hydrogen-bond acceptors (Lipinski definition) is 3. The summed E-state index contributed by atoms with van der Waals surface area (Å²) < 4.78 is 10.2. The van der Waals surface area contributed by atoms with E-state index in [-0.39, 0.29) is 11.4 Å². The summed E-state index contributed by atoms with van der Waals surface area (Å²) in [4.78, 5) is 12.2. The first kappa shape index (κ1) is 14.9. The summed E-state index contributed by atoms with van der Waals surface area (Å²) in [6.45, 7) is 0. The molecule has 110 valence electrons. The molecule has 1 saturated carbocycles. The highest BCUT2D eigenvalue weighted by Gasteiger charge is 2.39. The summed E-state index contributed by atoms with van der Waals surface area (Å²) in [7, 11) is 3.18. The molecule has 1 fully saturated rings. The predicted octanol–water partition coefficient (Wildman–Crippen LogP) is 3.75. The molecule has 0 aromatic heterocycles. The molecule has 1 aromatic rings. The second-order valence-corrected chi connectivity index (χ2v) is 5.68. The van der Waals surface area contributed by atoms with Crippen molar-refractivity contribution in [2.24, 2.45) is 5.41 Å². The molecule has 0 heterocycles. The van der Waals surface area contributed by atoms with Crippen molar-refractivity contribution in [3.8, 4) is 5.75 Å². The lowest BCUT2D eigenvalue weighted by Gasteiger charge is -2.34. The monoisotopic (exact) mass is 276 g/mol. The van der Waals surface area contributed by atoms with Gasteiger partial charge in [0.1, 0.15) is 5.75 Å². The Bertz CT molecular complexity index is 430. The maximum absolute atomic E-state index is 12.2. The van der Waals surface area contributed by atoms with E-state index in [4.69, 9.17) is 9.47 Å². The van der Waals surface area contributed by atoms with Gasteiger partial charge in [-0.15, -0.1) is 0 Å². The zero-order chi connectivity index (χ0) is 14.4. The Balaban J connectivity index is 2.02. The molecule has 0 radical (unpaired) electrons. The second-order valence-electron chi connectivity index (χ2n) is 5.68. The molecule has 0 bridgehead atoms. The van der Waals surface area contributed by atoms with Crippen LogP contribution in [0.25, 0.3) is 0 Å². The van der Waals surface area contributed by atoms with Crippen molar-refractivity contribution in [1.29, 1.82) is 0 Å². The Morgan fingerprint density at radius 3 is 2.30 bits per heavy atom. The molecular weight excluding hydrogens is 252 g/mol. The fourth-order valence-corrected chi connectivity index (χ4v) is 3.18. The smallest absolute Gasteiger partial charge is 0.311 e. The van der Waals surface area contributed by atoms with Crippen molar-refractivity contribution >= 4 is 5.97 Å². The maximum Gasteiger partial charge on any atom is 0.311 e. The SMILES string of the molecule is COC(=O)C1(CCc2ccc(OC)cc2)CCCCC1. The molecule has 0 unspecified atom stereocenters. The lowest BCUT2D eigenvalue weighted by molar-refractivity contribution is -0.155. The third-order valence-electron chi connectivity index (χ3n) is 4.48. The molecule has 3 heteroatoms. The van der Waals surface area contributed by atoms with Gasteiger partial charge in [-0.05, 0) is 43.4 Å². The van der Waals surface area contributed by atoms with E-state index in [9.17, 15) is 4.79 Å². The normalized spacial score (nSPS) is 17.5. The van der Waals surface area contributed by atoms with Crippen LogP contribution in [-0.2, 0) is 16.0 Å². The van der Waals surface area contributed by atoms with Gasteiger partial charge in [0.2, 0.25) is 0 Å². The van der Waals surface area contributed by atoms with Gasteiger partial charge in [0.15, 0.2) is 0 Å². The van der Waals surface area contributed by atoms with Gasteiger partial charge in [-0.2, -0.15) is 0 Å². The summed E-state index contributed by atoms with van der Waals surface area (Å²) in [5, 5.41) is 0. The van der Waals surface area contributed by atoms with Crippen LogP contribution in [0.15, 0.2) is 24.3 Å². The number of esters is 1. The Morgan fingerprint density at radius 1 is 1.10 bits per heavy atom. The summed E-state index contributed by atoms with van der Waals surface area (Å²) in [6, 6.07) is 8.10. The molecule has 20 heavy (non-hydrogen) atoms. The van der Waals surface area contributed by atoms with Crippen LogP contribution in [0, 0.1) is 5.41 Å². The largest absolute Gasteiger partial charge is 0.497 e. The molecule has 1 aliphatic rings.